The van der Waals surface area contributed by atoms with Gasteiger partial charge in [-0.15, -0.1) is 0 Å². The maximum Gasteiger partial charge on any atom is 0.180 e. The Hall–Kier alpha value is -1.75. The monoisotopic (exact) mass is 298 g/mol. The number of nitrogens with one attached hydrogen (secondary N) is 1. The quantitative estimate of drug-likeness (QED) is 0.921. The van der Waals surface area contributed by atoms with E-state index < -0.39 is 0 Å². The fourth-order valence-corrected chi connectivity index (χ4v) is 3.84. The third-order valence-electron chi connectivity index (χ3n) is 4.94. The number of hydrogen-bond acceptors (Lipinski definition) is 5. The molecule has 1 aliphatic carbocycles. The second-order valence-electron chi connectivity index (χ2n) is 6.52. The third-order valence-corrected chi connectivity index (χ3v) is 4.94. The van der Waals surface area contributed by atoms with Gasteiger partial charge in [0.2, 0.25) is 0 Å². The second kappa shape index (κ2) is 5.80. The standard InChI is InChI=1S/C17H22N4O/c1-2-7-17(8-3-1)12-13(6-11-22-17)20-15-5-4-14-16(21-15)19-10-9-18-14/h4-5,9-10,13H,1-3,6-8,11-12H2,(H,19,20,21). The molecule has 2 aromatic rings. The number of rotatable bonds is 2. The summed E-state index contributed by atoms with van der Waals surface area (Å²) in [5, 5.41) is 3.59. The largest absolute Gasteiger partial charge is 0.375 e. The van der Waals surface area contributed by atoms with E-state index in [1.807, 2.05) is 12.1 Å². The van der Waals surface area contributed by atoms with Gasteiger partial charge >= 0.3 is 0 Å². The van der Waals surface area contributed by atoms with Crippen LogP contribution in [0.3, 0.4) is 0 Å². The molecule has 5 heteroatoms. The predicted molar refractivity (Wildman–Crippen MR) is 85.7 cm³/mol. The van der Waals surface area contributed by atoms with E-state index in [1.165, 1.54) is 32.1 Å². The van der Waals surface area contributed by atoms with Gasteiger partial charge in [-0.05, 0) is 37.8 Å². The molecular weight excluding hydrogens is 276 g/mol. The molecule has 0 amide bonds. The van der Waals surface area contributed by atoms with Gasteiger partial charge in [-0.1, -0.05) is 19.3 Å². The summed E-state index contributed by atoms with van der Waals surface area (Å²) in [6.07, 6.45) is 11.9. The van der Waals surface area contributed by atoms with Gasteiger partial charge < -0.3 is 10.1 Å². The average molecular weight is 298 g/mol. The molecule has 1 saturated carbocycles. The summed E-state index contributed by atoms with van der Waals surface area (Å²) in [7, 11) is 0. The molecule has 0 bridgehead atoms. The summed E-state index contributed by atoms with van der Waals surface area (Å²) < 4.78 is 6.16. The first-order chi connectivity index (χ1) is 10.8. The van der Waals surface area contributed by atoms with Crippen molar-refractivity contribution in [3.8, 4) is 0 Å². The molecule has 1 aliphatic heterocycles. The number of pyridine rings is 1. The Bertz CT molecular complexity index is 648. The maximum atomic E-state index is 6.16. The Morgan fingerprint density at radius 2 is 1.95 bits per heavy atom. The van der Waals surface area contributed by atoms with Crippen LogP contribution in [0.25, 0.3) is 11.2 Å². The Morgan fingerprint density at radius 3 is 2.86 bits per heavy atom. The van der Waals surface area contributed by atoms with Crippen LogP contribution in [0.5, 0.6) is 0 Å². The summed E-state index contributed by atoms with van der Waals surface area (Å²) in [6.45, 7) is 0.852. The molecular formula is C17H22N4O. The van der Waals surface area contributed by atoms with Crippen molar-refractivity contribution in [3.63, 3.8) is 0 Å². The molecule has 1 spiro atoms. The predicted octanol–water partition coefficient (Wildman–Crippen LogP) is 3.32. The van der Waals surface area contributed by atoms with Crippen LogP contribution in [0.1, 0.15) is 44.9 Å². The number of anilines is 1. The smallest absolute Gasteiger partial charge is 0.180 e. The fourth-order valence-electron chi connectivity index (χ4n) is 3.84. The molecule has 3 heterocycles. The van der Waals surface area contributed by atoms with E-state index in [0.29, 0.717) is 11.7 Å². The van der Waals surface area contributed by atoms with E-state index in [4.69, 9.17) is 4.74 Å². The van der Waals surface area contributed by atoms with E-state index >= 15 is 0 Å². The van der Waals surface area contributed by atoms with Crippen LogP contribution in [0.15, 0.2) is 24.5 Å². The molecule has 2 aliphatic rings. The lowest BCUT2D eigenvalue weighted by Gasteiger charge is -2.43. The van der Waals surface area contributed by atoms with E-state index in [2.05, 4.69) is 20.3 Å². The lowest BCUT2D eigenvalue weighted by molar-refractivity contribution is -0.103. The SMILES string of the molecule is c1cnc2nc(NC3CCOC4(CCCCC4)C3)ccc2n1. The zero-order valence-corrected chi connectivity index (χ0v) is 12.8. The minimum atomic E-state index is 0.116. The van der Waals surface area contributed by atoms with Crippen molar-refractivity contribution in [2.75, 3.05) is 11.9 Å². The summed E-state index contributed by atoms with van der Waals surface area (Å²) in [4.78, 5) is 13.1. The van der Waals surface area contributed by atoms with Crippen LogP contribution in [0, 0.1) is 0 Å². The van der Waals surface area contributed by atoms with Crippen molar-refractivity contribution in [1.29, 1.82) is 0 Å². The Kier molecular flexibility index (Phi) is 3.66. The van der Waals surface area contributed by atoms with Crippen LogP contribution >= 0.6 is 0 Å². The molecule has 1 saturated heterocycles. The molecule has 1 unspecified atom stereocenters. The highest BCUT2D eigenvalue weighted by atomic mass is 16.5. The normalized spacial score (nSPS) is 24.5. The highest BCUT2D eigenvalue weighted by Crippen LogP contribution is 2.39. The van der Waals surface area contributed by atoms with Crippen molar-refractivity contribution in [2.24, 2.45) is 0 Å². The Balaban J connectivity index is 1.49. The number of ether oxygens (including phenoxy) is 1. The number of aromatic nitrogens is 3. The Labute approximate surface area is 130 Å². The first-order valence-corrected chi connectivity index (χ1v) is 8.31. The Morgan fingerprint density at radius 1 is 1.09 bits per heavy atom. The first-order valence-electron chi connectivity index (χ1n) is 8.31. The number of nitrogens with zero attached hydrogens (tertiary/aromatic N) is 3. The highest BCUT2D eigenvalue weighted by Gasteiger charge is 2.38. The second-order valence-corrected chi connectivity index (χ2v) is 6.52. The van der Waals surface area contributed by atoms with E-state index in [-0.39, 0.29) is 5.60 Å². The average Bonchev–Trinajstić information content (AvgIpc) is 2.56. The molecule has 5 nitrogen and oxygen atoms in total. The maximum absolute atomic E-state index is 6.16. The van der Waals surface area contributed by atoms with Gasteiger partial charge in [0.05, 0.1) is 5.60 Å². The van der Waals surface area contributed by atoms with E-state index in [1.54, 1.807) is 12.4 Å². The van der Waals surface area contributed by atoms with Gasteiger partial charge in [0.25, 0.3) is 0 Å². The van der Waals surface area contributed by atoms with Crippen LogP contribution in [-0.2, 0) is 4.74 Å². The molecule has 22 heavy (non-hydrogen) atoms. The van der Waals surface area contributed by atoms with Crippen molar-refractivity contribution in [2.45, 2.75) is 56.6 Å². The summed E-state index contributed by atoms with van der Waals surface area (Å²) in [5.41, 5.74) is 1.65. The minimum absolute atomic E-state index is 0.116. The number of fused-ring (bicyclic) bond motifs is 1. The van der Waals surface area contributed by atoms with Crippen LogP contribution in [0.4, 0.5) is 5.82 Å². The van der Waals surface area contributed by atoms with Crippen molar-refractivity contribution in [1.82, 2.24) is 15.0 Å². The highest BCUT2D eigenvalue weighted by molar-refractivity contribution is 5.71. The molecule has 1 atom stereocenters. The van der Waals surface area contributed by atoms with Gasteiger partial charge in [0, 0.05) is 25.0 Å². The molecule has 116 valence electrons. The lowest BCUT2D eigenvalue weighted by Crippen LogP contribution is -2.45. The number of hydrogen-bond donors (Lipinski definition) is 1. The first kappa shape index (κ1) is 13.9. The fraction of sp³-hybridized carbons (Fsp3) is 0.588. The molecule has 0 aromatic carbocycles. The summed E-state index contributed by atoms with van der Waals surface area (Å²) in [6, 6.07) is 4.42. The molecule has 2 fully saturated rings. The van der Waals surface area contributed by atoms with E-state index in [0.717, 1.165) is 30.8 Å². The van der Waals surface area contributed by atoms with Crippen molar-refractivity contribution in [3.05, 3.63) is 24.5 Å². The minimum Gasteiger partial charge on any atom is -0.375 e. The third kappa shape index (κ3) is 2.77. The summed E-state index contributed by atoms with van der Waals surface area (Å²) in [5.74, 6) is 0.894. The van der Waals surface area contributed by atoms with Crippen LogP contribution in [0.2, 0.25) is 0 Å². The van der Waals surface area contributed by atoms with Crippen LogP contribution < -0.4 is 5.32 Å². The van der Waals surface area contributed by atoms with Gasteiger partial charge in [0.15, 0.2) is 5.65 Å². The lowest BCUT2D eigenvalue weighted by atomic mass is 9.78. The molecule has 2 aromatic heterocycles. The zero-order valence-electron chi connectivity index (χ0n) is 12.8. The summed E-state index contributed by atoms with van der Waals surface area (Å²) >= 11 is 0. The molecule has 4 rings (SSSR count). The topological polar surface area (TPSA) is 59.9 Å². The molecule has 1 N–H and O–H groups in total. The van der Waals surface area contributed by atoms with Gasteiger partial charge in [0.1, 0.15) is 11.3 Å². The van der Waals surface area contributed by atoms with Crippen molar-refractivity contribution >= 4 is 17.0 Å². The zero-order chi connectivity index (χ0) is 14.8. The molecule has 0 radical (unpaired) electrons. The van der Waals surface area contributed by atoms with Gasteiger partial charge in [-0.25, -0.2) is 9.97 Å². The van der Waals surface area contributed by atoms with E-state index in [9.17, 15) is 0 Å². The van der Waals surface area contributed by atoms with Crippen molar-refractivity contribution < 1.29 is 4.74 Å². The van der Waals surface area contributed by atoms with Gasteiger partial charge in [-0.2, -0.15) is 0 Å². The van der Waals surface area contributed by atoms with Crippen LogP contribution in [-0.4, -0.2) is 33.2 Å². The van der Waals surface area contributed by atoms with Gasteiger partial charge in [-0.3, -0.25) is 4.98 Å².